The summed E-state index contributed by atoms with van der Waals surface area (Å²) < 4.78 is 46.3. The van der Waals surface area contributed by atoms with Gasteiger partial charge in [0.25, 0.3) is 5.91 Å². The Labute approximate surface area is 219 Å². The molecule has 14 heteroatoms. The molecule has 2 aliphatic rings. The molecule has 11 nitrogen and oxygen atoms in total. The highest BCUT2D eigenvalue weighted by molar-refractivity contribution is 7.90. The zero-order chi connectivity index (χ0) is 27.1. The van der Waals surface area contributed by atoms with Gasteiger partial charge in [0.05, 0.1) is 22.9 Å². The van der Waals surface area contributed by atoms with Crippen molar-refractivity contribution in [2.75, 3.05) is 16.6 Å². The highest BCUT2D eigenvalue weighted by atomic mass is 35.5. The van der Waals surface area contributed by atoms with Crippen LogP contribution in [0.15, 0.2) is 12.1 Å². The fraction of sp³-hybridized carbons (Fsp3) is 0.522. The van der Waals surface area contributed by atoms with Gasteiger partial charge in [-0.05, 0) is 52.0 Å². The smallest absolute Gasteiger partial charge is 0.302 e. The molecule has 0 aromatic carbocycles. The van der Waals surface area contributed by atoms with E-state index < -0.39 is 40.3 Å². The second-order valence-corrected chi connectivity index (χ2v) is 11.7. The van der Waals surface area contributed by atoms with Crippen molar-refractivity contribution in [2.45, 2.75) is 70.2 Å². The molecule has 37 heavy (non-hydrogen) atoms. The monoisotopic (exact) mass is 554 g/mol. The van der Waals surface area contributed by atoms with Gasteiger partial charge in [-0.3, -0.25) is 9.52 Å². The highest BCUT2D eigenvalue weighted by Crippen LogP contribution is 2.40. The molecule has 2 aromatic heterocycles. The summed E-state index contributed by atoms with van der Waals surface area (Å²) in [5.41, 5.74) is -1.01. The maximum atomic E-state index is 13.7. The van der Waals surface area contributed by atoms with E-state index in [0.717, 1.165) is 6.07 Å². The molecule has 0 radical (unpaired) electrons. The Kier molecular flexibility index (Phi) is 7.51. The second kappa shape index (κ2) is 10.2. The van der Waals surface area contributed by atoms with E-state index in [4.69, 9.17) is 16.9 Å². The van der Waals surface area contributed by atoms with E-state index in [1.807, 2.05) is 0 Å². The summed E-state index contributed by atoms with van der Waals surface area (Å²) in [6, 6.07) is 2.99. The third-order valence-corrected chi connectivity index (χ3v) is 8.77. The first kappa shape index (κ1) is 27.3. The van der Waals surface area contributed by atoms with Crippen LogP contribution < -0.4 is 10.0 Å². The number of hydrogen-bond acceptors (Lipinski definition) is 7. The number of aliphatic hydroxyl groups excluding tert-OH is 1. The fourth-order valence-corrected chi connectivity index (χ4v) is 7.25. The second-order valence-electron chi connectivity index (χ2n) is 9.75. The van der Waals surface area contributed by atoms with E-state index in [2.05, 4.69) is 15.0 Å². The van der Waals surface area contributed by atoms with Gasteiger partial charge in [0.2, 0.25) is 5.95 Å². The molecule has 0 spiro atoms. The third kappa shape index (κ3) is 5.44. The summed E-state index contributed by atoms with van der Waals surface area (Å²) in [5.74, 6) is -1.64. The van der Waals surface area contributed by atoms with Gasteiger partial charge in [0.15, 0.2) is 0 Å². The zero-order valence-corrected chi connectivity index (χ0v) is 21.9. The van der Waals surface area contributed by atoms with Crippen molar-refractivity contribution >= 4 is 39.1 Å². The van der Waals surface area contributed by atoms with Crippen LogP contribution in [-0.4, -0.2) is 62.7 Å². The number of amides is 1. The maximum Gasteiger partial charge on any atom is 0.302 e. The zero-order valence-electron chi connectivity index (χ0n) is 20.3. The van der Waals surface area contributed by atoms with E-state index in [-0.39, 0.29) is 40.2 Å². The van der Waals surface area contributed by atoms with Gasteiger partial charge in [-0.25, -0.2) is 4.98 Å². The lowest BCUT2D eigenvalue weighted by Crippen LogP contribution is -2.47. The van der Waals surface area contributed by atoms with E-state index in [0.29, 0.717) is 37.9 Å². The van der Waals surface area contributed by atoms with Crippen LogP contribution in [0.3, 0.4) is 0 Å². The minimum atomic E-state index is -4.15. The molecule has 3 unspecified atom stereocenters. The Hall–Kier alpha value is -2.76. The number of rotatable bonds is 8. The normalized spacial score (nSPS) is 21.3. The molecule has 2 aromatic rings. The lowest BCUT2D eigenvalue weighted by atomic mass is 9.97. The Morgan fingerprint density at radius 2 is 2.14 bits per heavy atom. The topological polar surface area (TPSA) is 161 Å². The van der Waals surface area contributed by atoms with Gasteiger partial charge in [-0.15, -0.1) is 0 Å². The van der Waals surface area contributed by atoms with Crippen molar-refractivity contribution in [3.8, 4) is 6.07 Å². The number of anilines is 2. The number of nitrogens with zero attached hydrogens (tertiary/aromatic N) is 4. The van der Waals surface area contributed by atoms with Gasteiger partial charge in [0.1, 0.15) is 17.5 Å². The van der Waals surface area contributed by atoms with E-state index in [1.54, 1.807) is 17.6 Å². The summed E-state index contributed by atoms with van der Waals surface area (Å²) in [7, 11) is -4.15. The van der Waals surface area contributed by atoms with Crippen molar-refractivity contribution < 1.29 is 27.8 Å². The molecular weight excluding hydrogens is 527 g/mol. The molecule has 1 amide bonds. The number of aromatic nitrogens is 2. The average Bonchev–Trinajstić information content (AvgIpc) is 3.49. The van der Waals surface area contributed by atoms with Gasteiger partial charge < -0.3 is 20.1 Å². The van der Waals surface area contributed by atoms with Crippen molar-refractivity contribution in [3.05, 3.63) is 40.2 Å². The number of fused-ring (bicyclic) bond motifs is 1. The summed E-state index contributed by atoms with van der Waals surface area (Å²) >= 11 is 6.57. The third-order valence-electron chi connectivity index (χ3n) is 6.73. The number of pyridine rings is 1. The summed E-state index contributed by atoms with van der Waals surface area (Å²) in [6.45, 7) is 3.13. The van der Waals surface area contributed by atoms with Crippen molar-refractivity contribution in [1.82, 2.24) is 13.9 Å². The fourth-order valence-electron chi connectivity index (χ4n) is 5.11. The first-order chi connectivity index (χ1) is 17.4. The van der Waals surface area contributed by atoms with Crippen LogP contribution >= 0.6 is 11.6 Å². The van der Waals surface area contributed by atoms with Crippen molar-refractivity contribution in [2.24, 2.45) is 0 Å². The number of carbonyl (C=O) groups excluding carboxylic acids is 1. The van der Waals surface area contributed by atoms with E-state index in [1.165, 1.54) is 17.3 Å². The van der Waals surface area contributed by atoms with Crippen molar-refractivity contribution in [1.29, 1.82) is 5.26 Å². The molecule has 1 fully saturated rings. The van der Waals surface area contributed by atoms with Crippen molar-refractivity contribution in [3.63, 3.8) is 0 Å². The molecule has 2 aliphatic heterocycles. The van der Waals surface area contributed by atoms with Crippen LogP contribution in [0, 0.1) is 17.3 Å². The summed E-state index contributed by atoms with van der Waals surface area (Å²) in [6.07, 6.45) is 2.28. The molecule has 0 bridgehead atoms. The molecular formula is C23H28ClFN6O5S. The first-order valence-corrected chi connectivity index (χ1v) is 13.6. The Balaban J connectivity index is 1.65. The number of halogens is 2. The number of nitrogens with one attached hydrogen (secondary N) is 2. The van der Waals surface area contributed by atoms with E-state index in [9.17, 15) is 27.8 Å². The minimum absolute atomic E-state index is 0.00506. The number of carbonyl (C=O) groups is 1. The van der Waals surface area contributed by atoms with Crippen LogP contribution in [0.2, 0.25) is 5.02 Å². The lowest BCUT2D eigenvalue weighted by Gasteiger charge is -2.32. The Bertz CT molecular complexity index is 1370. The van der Waals surface area contributed by atoms with Crippen LogP contribution in [-0.2, 0) is 23.2 Å². The molecule has 0 saturated carbocycles. The van der Waals surface area contributed by atoms with Crippen LogP contribution in [0.1, 0.15) is 61.4 Å². The van der Waals surface area contributed by atoms with Crippen LogP contribution in [0.25, 0.3) is 0 Å². The van der Waals surface area contributed by atoms with Crippen LogP contribution in [0.4, 0.5) is 15.8 Å². The lowest BCUT2D eigenvalue weighted by molar-refractivity contribution is -0.0169. The SMILES string of the molecule is CC1CCC(CC(C)(O)CO)N1S(=O)(=O)Nc1c(Cl)c(C(=O)Nc2cc(F)nc(C#N)c2)n2c1CCC2. The molecule has 4 heterocycles. The molecule has 4 N–H and O–H groups in total. The molecule has 3 atom stereocenters. The number of hydrogen-bond donors (Lipinski definition) is 4. The summed E-state index contributed by atoms with van der Waals surface area (Å²) in [5, 5.41) is 31.2. The Morgan fingerprint density at radius 3 is 2.81 bits per heavy atom. The average molecular weight is 555 g/mol. The van der Waals surface area contributed by atoms with Gasteiger partial charge >= 0.3 is 10.2 Å². The molecule has 1 saturated heterocycles. The highest BCUT2D eigenvalue weighted by Gasteiger charge is 2.43. The minimum Gasteiger partial charge on any atom is -0.393 e. The van der Waals surface area contributed by atoms with Gasteiger partial charge in [0, 0.05) is 36.1 Å². The number of aliphatic hydroxyl groups is 2. The van der Waals surface area contributed by atoms with Gasteiger partial charge in [-0.1, -0.05) is 11.6 Å². The maximum absolute atomic E-state index is 13.7. The first-order valence-electron chi connectivity index (χ1n) is 11.8. The number of nitriles is 1. The standard InChI is InChI=1S/C23H28ClFN6O5S/c1-13-5-6-16(10-23(2,34)12-32)31(13)37(35,36)29-20-17-4-3-7-30(17)21(19(20)24)22(33)28-14-8-15(11-26)27-18(25)9-14/h8-9,13,16,29,32,34H,3-7,10,12H2,1-2H3,(H,27,28,33). The predicted molar refractivity (Wildman–Crippen MR) is 134 cm³/mol. The van der Waals surface area contributed by atoms with E-state index >= 15 is 0 Å². The predicted octanol–water partition coefficient (Wildman–Crippen LogP) is 2.39. The molecule has 0 aliphatic carbocycles. The molecule has 200 valence electrons. The quantitative estimate of drug-likeness (QED) is 0.364. The van der Waals surface area contributed by atoms with Crippen LogP contribution in [0.5, 0.6) is 0 Å². The molecule has 4 rings (SSSR count). The summed E-state index contributed by atoms with van der Waals surface area (Å²) in [4.78, 5) is 16.6. The largest absolute Gasteiger partial charge is 0.393 e. The Morgan fingerprint density at radius 1 is 1.41 bits per heavy atom. The van der Waals surface area contributed by atoms with Gasteiger partial charge in [-0.2, -0.15) is 22.4 Å².